The minimum Gasteiger partial charge on any atom is -0.451 e. The molecule has 3 heterocycles. The molecule has 2 aliphatic heterocycles. The summed E-state index contributed by atoms with van der Waals surface area (Å²) in [6.07, 6.45) is 0.860. The number of carbonyl (C=O) groups excluding carboxylic acids is 1. The van der Waals surface area contributed by atoms with Gasteiger partial charge in [-0.25, -0.2) is 18.0 Å². The van der Waals surface area contributed by atoms with Crippen LogP contribution in [0.15, 0.2) is 47.3 Å². The molecule has 0 radical (unpaired) electrons. The van der Waals surface area contributed by atoms with Gasteiger partial charge >= 0.3 is 6.03 Å². The van der Waals surface area contributed by atoms with Crippen molar-refractivity contribution in [3.63, 3.8) is 0 Å². The van der Waals surface area contributed by atoms with E-state index in [4.69, 9.17) is 4.74 Å². The number of pyridine rings is 1. The number of amides is 2. The van der Waals surface area contributed by atoms with Gasteiger partial charge in [0.15, 0.2) is 0 Å². The fourth-order valence-corrected chi connectivity index (χ4v) is 4.69. The van der Waals surface area contributed by atoms with Gasteiger partial charge in [0.05, 0.1) is 0 Å². The first-order valence-corrected chi connectivity index (χ1v) is 10.8. The Labute approximate surface area is 195 Å². The Morgan fingerprint density at radius 3 is 2.31 bits per heavy atom. The lowest BCUT2D eigenvalue weighted by Gasteiger charge is -2.42. The summed E-state index contributed by atoms with van der Waals surface area (Å²) in [7, 11) is 0. The third kappa shape index (κ3) is 4.11. The van der Waals surface area contributed by atoms with Crippen LogP contribution in [0, 0.1) is 35.0 Å². The summed E-state index contributed by atoms with van der Waals surface area (Å²) in [5.41, 5.74) is 1.01. The highest BCUT2D eigenvalue weighted by Crippen LogP contribution is 2.36. The van der Waals surface area contributed by atoms with Crippen LogP contribution in [0.3, 0.4) is 0 Å². The third-order valence-corrected chi connectivity index (χ3v) is 6.24. The predicted molar refractivity (Wildman–Crippen MR) is 115 cm³/mol. The molecule has 0 unspecified atom stereocenters. The zero-order valence-electron chi connectivity index (χ0n) is 18.0. The van der Waals surface area contributed by atoms with Gasteiger partial charge in [0, 0.05) is 49.1 Å². The van der Waals surface area contributed by atoms with Gasteiger partial charge in [-0.15, -0.1) is 0 Å². The van der Waals surface area contributed by atoms with Crippen molar-refractivity contribution in [3.05, 3.63) is 87.6 Å². The van der Waals surface area contributed by atoms with Crippen LogP contribution in [0.1, 0.15) is 18.0 Å². The van der Waals surface area contributed by atoms with Gasteiger partial charge in [-0.1, -0.05) is 12.1 Å². The third-order valence-electron chi connectivity index (χ3n) is 6.24. The van der Waals surface area contributed by atoms with Crippen LogP contribution in [-0.2, 0) is 6.54 Å². The molecule has 3 aromatic rings. The van der Waals surface area contributed by atoms with Crippen LogP contribution in [0.25, 0.3) is 0 Å². The Balaban J connectivity index is 1.32. The normalized spacial score (nSPS) is 18.7. The van der Waals surface area contributed by atoms with Crippen LogP contribution in [-0.4, -0.2) is 28.6 Å². The van der Waals surface area contributed by atoms with Gasteiger partial charge in [0.1, 0.15) is 5.75 Å². The number of carbonyl (C=O) groups is 1. The van der Waals surface area contributed by atoms with Gasteiger partial charge in [0.25, 0.3) is 5.56 Å². The summed E-state index contributed by atoms with van der Waals surface area (Å²) in [6, 6.07) is 9.99. The molecule has 5 rings (SSSR count). The molecule has 0 saturated carbocycles. The molecule has 182 valence electrons. The maximum absolute atomic E-state index is 13.9. The molecule has 2 bridgehead atoms. The van der Waals surface area contributed by atoms with Gasteiger partial charge < -0.3 is 19.5 Å². The lowest BCUT2D eigenvalue weighted by Crippen LogP contribution is -2.50. The highest BCUT2D eigenvalue weighted by Gasteiger charge is 2.36. The summed E-state index contributed by atoms with van der Waals surface area (Å²) >= 11 is 0. The van der Waals surface area contributed by atoms with Crippen molar-refractivity contribution in [1.29, 1.82) is 0 Å². The van der Waals surface area contributed by atoms with E-state index >= 15 is 0 Å². The topological polar surface area (TPSA) is 63.6 Å². The Morgan fingerprint density at radius 2 is 1.57 bits per heavy atom. The maximum Gasteiger partial charge on any atom is 0.321 e. The van der Waals surface area contributed by atoms with Crippen LogP contribution in [0.4, 0.5) is 32.4 Å². The van der Waals surface area contributed by atoms with Crippen molar-refractivity contribution in [3.8, 4) is 11.5 Å². The standard InChI is InChI=1S/C24H18F5N3O3/c25-18-19(26)21(28)23(22(29)20(18)27)35-15-4-1-3-14(8-15)30-24(34)31-9-12-7-13(11-31)16-5-2-6-17(33)32(16)10-12/h1-6,8,12-13H,7,9-11H2,(H,30,34)/t12-,13-/m0/s1. The number of hydrogen-bond donors (Lipinski definition) is 1. The quantitative estimate of drug-likeness (QED) is 0.319. The van der Waals surface area contributed by atoms with Crippen molar-refractivity contribution in [1.82, 2.24) is 9.47 Å². The molecule has 6 nitrogen and oxygen atoms in total. The zero-order valence-corrected chi connectivity index (χ0v) is 18.0. The number of rotatable bonds is 3. The molecule has 0 spiro atoms. The number of nitrogens with one attached hydrogen (secondary N) is 1. The average Bonchev–Trinajstić information content (AvgIpc) is 2.85. The van der Waals surface area contributed by atoms with E-state index in [9.17, 15) is 31.5 Å². The van der Waals surface area contributed by atoms with Gasteiger partial charge in [-0.05, 0) is 30.5 Å². The van der Waals surface area contributed by atoms with E-state index in [2.05, 4.69) is 5.32 Å². The molecular weight excluding hydrogens is 473 g/mol. The van der Waals surface area contributed by atoms with Crippen molar-refractivity contribution in [2.24, 2.45) is 5.92 Å². The number of aromatic nitrogens is 1. The Kier molecular flexibility index (Phi) is 5.70. The first-order valence-electron chi connectivity index (χ1n) is 10.8. The van der Waals surface area contributed by atoms with Crippen LogP contribution in [0.2, 0.25) is 0 Å². The van der Waals surface area contributed by atoms with E-state index in [1.807, 2.05) is 6.07 Å². The summed E-state index contributed by atoms with van der Waals surface area (Å²) in [5.74, 6) is -12.3. The lowest BCUT2D eigenvalue weighted by molar-refractivity contribution is 0.139. The molecule has 2 amide bonds. The highest BCUT2D eigenvalue weighted by atomic mass is 19.2. The van der Waals surface area contributed by atoms with E-state index in [-0.39, 0.29) is 28.8 Å². The van der Waals surface area contributed by atoms with E-state index in [1.165, 1.54) is 30.3 Å². The predicted octanol–water partition coefficient (Wildman–Crippen LogP) is 4.99. The first kappa shape index (κ1) is 22.9. The van der Waals surface area contributed by atoms with Crippen molar-refractivity contribution in [2.75, 3.05) is 18.4 Å². The highest BCUT2D eigenvalue weighted by molar-refractivity contribution is 5.89. The molecule has 1 fully saturated rings. The van der Waals surface area contributed by atoms with E-state index in [0.717, 1.165) is 12.1 Å². The SMILES string of the molecule is O=C(Nc1cccc(Oc2c(F)c(F)c(F)c(F)c2F)c1)N1C[C@@H]2C[C@@H](C1)c1cccc(=O)n1C2. The van der Waals surface area contributed by atoms with Crippen molar-refractivity contribution in [2.45, 2.75) is 18.9 Å². The van der Waals surface area contributed by atoms with Gasteiger partial charge in [0.2, 0.25) is 34.8 Å². The Hall–Kier alpha value is -3.89. The van der Waals surface area contributed by atoms with Gasteiger partial charge in [-0.3, -0.25) is 4.79 Å². The number of anilines is 1. The number of likely N-dealkylation sites (tertiary alicyclic amines) is 1. The smallest absolute Gasteiger partial charge is 0.321 e. The van der Waals surface area contributed by atoms with Crippen molar-refractivity contribution < 1.29 is 31.5 Å². The number of fused-ring (bicyclic) bond motifs is 4. The molecule has 2 aliphatic rings. The molecule has 1 N–H and O–H groups in total. The average molecular weight is 491 g/mol. The lowest BCUT2D eigenvalue weighted by atomic mass is 9.83. The second kappa shape index (κ2) is 8.71. The summed E-state index contributed by atoms with van der Waals surface area (Å²) in [6.45, 7) is 1.34. The molecule has 1 aromatic heterocycles. The number of benzene rings is 2. The first-order chi connectivity index (χ1) is 16.7. The van der Waals surface area contributed by atoms with Crippen LogP contribution < -0.4 is 15.6 Å². The minimum atomic E-state index is -2.29. The number of halogens is 5. The second-order valence-electron chi connectivity index (χ2n) is 8.56. The fourth-order valence-electron chi connectivity index (χ4n) is 4.69. The van der Waals surface area contributed by atoms with Crippen molar-refractivity contribution >= 4 is 11.7 Å². The summed E-state index contributed by atoms with van der Waals surface area (Å²) in [5, 5.41) is 2.67. The molecule has 1 saturated heterocycles. The molecule has 11 heteroatoms. The number of urea groups is 1. The minimum absolute atomic E-state index is 0.00559. The molecule has 2 aromatic carbocycles. The number of ether oxygens (including phenoxy) is 1. The monoisotopic (exact) mass is 491 g/mol. The summed E-state index contributed by atoms with van der Waals surface area (Å²) < 4.78 is 74.7. The molecule has 0 aliphatic carbocycles. The number of nitrogens with zero attached hydrogens (tertiary/aromatic N) is 2. The molecule has 2 atom stereocenters. The maximum atomic E-state index is 13.9. The van der Waals surface area contributed by atoms with E-state index in [0.29, 0.717) is 19.6 Å². The zero-order chi connectivity index (χ0) is 24.9. The summed E-state index contributed by atoms with van der Waals surface area (Å²) in [4.78, 5) is 26.7. The largest absolute Gasteiger partial charge is 0.451 e. The molecular formula is C24H18F5N3O3. The fraction of sp³-hybridized carbons (Fsp3) is 0.250. The molecule has 35 heavy (non-hydrogen) atoms. The Morgan fingerprint density at radius 1 is 0.886 bits per heavy atom. The van der Waals surface area contributed by atoms with E-state index in [1.54, 1.807) is 15.5 Å². The van der Waals surface area contributed by atoms with E-state index < -0.39 is 40.9 Å². The van der Waals surface area contributed by atoms with Gasteiger partial charge in [-0.2, -0.15) is 8.78 Å². The van der Waals surface area contributed by atoms with Crippen LogP contribution >= 0.6 is 0 Å². The number of piperidine rings is 1. The Bertz CT molecular complexity index is 1360. The number of hydrogen-bond acceptors (Lipinski definition) is 3. The van der Waals surface area contributed by atoms with Crippen LogP contribution in [0.5, 0.6) is 11.5 Å². The second-order valence-corrected chi connectivity index (χ2v) is 8.56.